The summed E-state index contributed by atoms with van der Waals surface area (Å²) < 4.78 is 0. The van der Waals surface area contributed by atoms with Crippen LogP contribution in [0.1, 0.15) is 87.2 Å². The summed E-state index contributed by atoms with van der Waals surface area (Å²) in [7, 11) is 1.76. The van der Waals surface area contributed by atoms with Gasteiger partial charge in [-0.15, -0.1) is 11.3 Å². The number of amides is 2. The number of nitrogens with zero attached hydrogens (tertiary/aromatic N) is 2. The number of hydrogen-bond donors (Lipinski definition) is 1. The van der Waals surface area contributed by atoms with Crippen LogP contribution in [-0.2, 0) is 9.59 Å². The van der Waals surface area contributed by atoms with Crippen LogP contribution in [0.2, 0.25) is 0 Å². The largest absolute Gasteiger partial charge is 0.477 e. The highest BCUT2D eigenvalue weighted by atomic mass is 32.1. The first kappa shape index (κ1) is 25.3. The molecule has 0 bridgehead atoms. The minimum absolute atomic E-state index is 0.0745. The standard InChI is InChI=1S/C26H36N2O4S/c1-17-9-11-18(12-10-17)23(29)28(20-8-6-7-15-27(5)24(20)30)21-16-19(13-14-26(2,3)4)33-22(21)25(31)32/h16-18,20H,6-12,15H2,1-5H3,(H,31,32)/t17-,18-,20-/m0/s1. The van der Waals surface area contributed by atoms with Gasteiger partial charge in [-0.25, -0.2) is 4.79 Å². The molecule has 3 rings (SSSR count). The first-order valence-electron chi connectivity index (χ1n) is 12.0. The number of anilines is 1. The number of likely N-dealkylation sites (tertiary alicyclic amines) is 1. The van der Waals surface area contributed by atoms with Crippen molar-refractivity contribution in [1.29, 1.82) is 0 Å². The molecule has 1 aliphatic heterocycles. The molecule has 1 saturated carbocycles. The fourth-order valence-corrected chi connectivity index (χ4v) is 5.42. The highest BCUT2D eigenvalue weighted by Crippen LogP contribution is 2.37. The predicted molar refractivity (Wildman–Crippen MR) is 131 cm³/mol. The van der Waals surface area contributed by atoms with E-state index in [2.05, 4.69) is 18.8 Å². The Morgan fingerprint density at radius 3 is 2.42 bits per heavy atom. The number of carboxylic acid groups (broad SMARTS) is 1. The fraction of sp³-hybridized carbons (Fsp3) is 0.654. The van der Waals surface area contributed by atoms with Crippen molar-refractivity contribution in [3.8, 4) is 11.8 Å². The smallest absolute Gasteiger partial charge is 0.348 e. The molecule has 1 aromatic rings. The molecule has 1 N–H and O–H groups in total. The number of carbonyl (C=O) groups excluding carboxylic acids is 2. The average Bonchev–Trinajstić information content (AvgIpc) is 3.10. The van der Waals surface area contributed by atoms with Gasteiger partial charge in [0.05, 0.1) is 10.6 Å². The van der Waals surface area contributed by atoms with Gasteiger partial charge in [-0.05, 0) is 77.7 Å². The molecular formula is C26H36N2O4S. The van der Waals surface area contributed by atoms with E-state index in [1.807, 2.05) is 20.8 Å². The Kier molecular flexibility index (Phi) is 7.89. The van der Waals surface area contributed by atoms with Gasteiger partial charge in [0.1, 0.15) is 10.9 Å². The number of carboxylic acids is 1. The SMILES string of the molecule is CN1CCCC[C@H](N(c2cc(C#CC(C)(C)C)sc2C(=O)O)C(=O)[C@H]2CC[C@H](C)CC2)C1=O. The van der Waals surface area contributed by atoms with Crippen molar-refractivity contribution in [1.82, 2.24) is 4.90 Å². The van der Waals surface area contributed by atoms with Gasteiger partial charge < -0.3 is 10.0 Å². The molecule has 33 heavy (non-hydrogen) atoms. The summed E-state index contributed by atoms with van der Waals surface area (Å²) in [6.07, 6.45) is 5.72. The third-order valence-corrected chi connectivity index (χ3v) is 7.55. The zero-order valence-electron chi connectivity index (χ0n) is 20.4. The minimum Gasteiger partial charge on any atom is -0.477 e. The Hall–Kier alpha value is -2.33. The van der Waals surface area contributed by atoms with Crippen LogP contribution < -0.4 is 4.90 Å². The van der Waals surface area contributed by atoms with Crippen molar-refractivity contribution in [2.24, 2.45) is 17.3 Å². The minimum atomic E-state index is -1.09. The van der Waals surface area contributed by atoms with E-state index < -0.39 is 12.0 Å². The molecule has 2 amide bonds. The summed E-state index contributed by atoms with van der Waals surface area (Å²) in [5, 5.41) is 9.98. The molecule has 6 nitrogen and oxygen atoms in total. The van der Waals surface area contributed by atoms with E-state index in [9.17, 15) is 19.5 Å². The topological polar surface area (TPSA) is 77.9 Å². The molecule has 7 heteroatoms. The van der Waals surface area contributed by atoms with E-state index in [1.165, 1.54) is 4.90 Å². The third-order valence-electron chi connectivity index (χ3n) is 6.52. The summed E-state index contributed by atoms with van der Waals surface area (Å²) in [6.45, 7) is 8.82. The van der Waals surface area contributed by atoms with E-state index in [-0.39, 0.29) is 28.0 Å². The molecular weight excluding hydrogens is 436 g/mol. The maximum atomic E-state index is 13.9. The zero-order valence-corrected chi connectivity index (χ0v) is 21.3. The van der Waals surface area contributed by atoms with E-state index in [0.29, 0.717) is 29.4 Å². The number of likely N-dealkylation sites (N-methyl/N-ethyl adjacent to an activating group) is 1. The van der Waals surface area contributed by atoms with E-state index in [4.69, 9.17) is 0 Å². The number of rotatable bonds is 4. The van der Waals surface area contributed by atoms with Gasteiger partial charge in [-0.3, -0.25) is 14.5 Å². The Labute approximate surface area is 201 Å². The Morgan fingerprint density at radius 1 is 1.15 bits per heavy atom. The summed E-state index contributed by atoms with van der Waals surface area (Å²) in [6, 6.07) is 1.02. The molecule has 1 aliphatic carbocycles. The Balaban J connectivity index is 2.09. The first-order valence-corrected chi connectivity index (χ1v) is 12.8. The molecule has 180 valence electrons. The maximum Gasteiger partial charge on any atom is 0.348 e. The number of aromatic carboxylic acids is 1. The maximum absolute atomic E-state index is 13.9. The van der Waals surface area contributed by atoms with Gasteiger partial charge in [0.2, 0.25) is 11.8 Å². The molecule has 1 atom stereocenters. The lowest BCUT2D eigenvalue weighted by Crippen LogP contribution is -2.51. The van der Waals surface area contributed by atoms with Crippen LogP contribution in [-0.4, -0.2) is 47.4 Å². The van der Waals surface area contributed by atoms with E-state index in [1.54, 1.807) is 18.0 Å². The third kappa shape index (κ3) is 6.17. The molecule has 2 aliphatic rings. The van der Waals surface area contributed by atoms with E-state index in [0.717, 1.165) is 49.9 Å². The molecule has 2 heterocycles. The average molecular weight is 473 g/mol. The Bertz CT molecular complexity index is 957. The number of hydrogen-bond acceptors (Lipinski definition) is 4. The van der Waals surface area contributed by atoms with Crippen LogP contribution >= 0.6 is 11.3 Å². The lowest BCUT2D eigenvalue weighted by molar-refractivity contribution is -0.134. The van der Waals surface area contributed by atoms with Gasteiger partial charge in [0.25, 0.3) is 0 Å². The lowest BCUT2D eigenvalue weighted by Gasteiger charge is -2.36. The van der Waals surface area contributed by atoms with Crippen molar-refractivity contribution >= 4 is 34.8 Å². The van der Waals surface area contributed by atoms with Crippen LogP contribution in [0.25, 0.3) is 0 Å². The monoisotopic (exact) mass is 472 g/mol. The van der Waals surface area contributed by atoms with Crippen molar-refractivity contribution in [2.75, 3.05) is 18.5 Å². The fourth-order valence-electron chi connectivity index (χ4n) is 4.58. The van der Waals surface area contributed by atoms with Crippen LogP contribution in [0.5, 0.6) is 0 Å². The van der Waals surface area contributed by atoms with Crippen molar-refractivity contribution in [3.63, 3.8) is 0 Å². The number of carbonyl (C=O) groups is 3. The molecule has 0 radical (unpaired) electrons. The van der Waals surface area contributed by atoms with Crippen LogP contribution in [0.3, 0.4) is 0 Å². The van der Waals surface area contributed by atoms with Gasteiger partial charge >= 0.3 is 5.97 Å². The van der Waals surface area contributed by atoms with Crippen molar-refractivity contribution in [3.05, 3.63) is 15.8 Å². The molecule has 1 saturated heterocycles. The summed E-state index contributed by atoms with van der Waals surface area (Å²) in [5.41, 5.74) is 0.0879. The normalized spacial score (nSPS) is 24.0. The van der Waals surface area contributed by atoms with Gasteiger partial charge in [-0.2, -0.15) is 0 Å². The predicted octanol–water partition coefficient (Wildman–Crippen LogP) is 5.01. The Morgan fingerprint density at radius 2 is 1.82 bits per heavy atom. The molecule has 2 fully saturated rings. The highest BCUT2D eigenvalue weighted by Gasteiger charge is 2.40. The zero-order chi connectivity index (χ0) is 24.3. The molecule has 0 unspecified atom stereocenters. The van der Waals surface area contributed by atoms with E-state index >= 15 is 0 Å². The summed E-state index contributed by atoms with van der Waals surface area (Å²) >= 11 is 1.08. The molecule has 1 aromatic heterocycles. The van der Waals surface area contributed by atoms with Gasteiger partial charge in [0.15, 0.2) is 0 Å². The summed E-state index contributed by atoms with van der Waals surface area (Å²) in [4.78, 5) is 43.3. The second kappa shape index (κ2) is 10.3. The van der Waals surface area contributed by atoms with Crippen molar-refractivity contribution < 1.29 is 19.5 Å². The summed E-state index contributed by atoms with van der Waals surface area (Å²) in [5.74, 6) is 5.30. The second-order valence-electron chi connectivity index (χ2n) is 10.6. The molecule has 0 spiro atoms. The highest BCUT2D eigenvalue weighted by molar-refractivity contribution is 7.15. The second-order valence-corrected chi connectivity index (χ2v) is 11.6. The van der Waals surface area contributed by atoms with Gasteiger partial charge in [0, 0.05) is 24.9 Å². The number of thiophene rings is 1. The van der Waals surface area contributed by atoms with Crippen LogP contribution in [0.4, 0.5) is 5.69 Å². The first-order chi connectivity index (χ1) is 15.5. The van der Waals surface area contributed by atoms with Gasteiger partial charge in [-0.1, -0.05) is 18.8 Å². The lowest BCUT2D eigenvalue weighted by atomic mass is 9.82. The molecule has 0 aromatic carbocycles. The van der Waals surface area contributed by atoms with Crippen LogP contribution in [0, 0.1) is 29.1 Å². The quantitative estimate of drug-likeness (QED) is 0.625. The van der Waals surface area contributed by atoms with Crippen LogP contribution in [0.15, 0.2) is 6.07 Å². The van der Waals surface area contributed by atoms with Crippen molar-refractivity contribution in [2.45, 2.75) is 78.7 Å².